The number of hydrogen-bond donors (Lipinski definition) is 2. The maximum Gasteiger partial charge on any atom is 0.276 e. The Bertz CT molecular complexity index is 695. The zero-order valence-corrected chi connectivity index (χ0v) is 11.7. The molecule has 6 heteroatoms. The number of aryl methyl sites for hydroxylation is 1. The van der Waals surface area contributed by atoms with Gasteiger partial charge in [0.25, 0.3) is 11.5 Å². The zero-order valence-electron chi connectivity index (χ0n) is 11.7. The van der Waals surface area contributed by atoms with E-state index in [0.29, 0.717) is 17.8 Å². The van der Waals surface area contributed by atoms with Crippen molar-refractivity contribution in [3.63, 3.8) is 0 Å². The van der Waals surface area contributed by atoms with E-state index in [-0.39, 0.29) is 17.9 Å². The summed E-state index contributed by atoms with van der Waals surface area (Å²) >= 11 is 0. The van der Waals surface area contributed by atoms with E-state index in [2.05, 4.69) is 10.4 Å². The minimum absolute atomic E-state index is 0.163. The van der Waals surface area contributed by atoms with Crippen LogP contribution in [0.3, 0.4) is 0 Å². The summed E-state index contributed by atoms with van der Waals surface area (Å²) in [6.07, 6.45) is 0.755. The van der Waals surface area contributed by atoms with Crippen molar-refractivity contribution in [2.75, 3.05) is 5.32 Å². The summed E-state index contributed by atoms with van der Waals surface area (Å²) < 4.78 is 1.27. The van der Waals surface area contributed by atoms with Gasteiger partial charge in [0.1, 0.15) is 5.69 Å². The number of aliphatic hydroxyl groups is 1. The number of nitrogens with zero attached hydrogens (tertiary/aromatic N) is 2. The molecule has 2 aromatic rings. The first-order chi connectivity index (χ1) is 10.2. The highest BCUT2D eigenvalue weighted by Gasteiger charge is 2.11. The number of aromatic nitrogens is 2. The first-order valence-electron chi connectivity index (χ1n) is 6.74. The summed E-state index contributed by atoms with van der Waals surface area (Å²) in [5.74, 6) is -0.416. The van der Waals surface area contributed by atoms with Crippen molar-refractivity contribution in [2.24, 2.45) is 0 Å². The molecule has 1 heterocycles. The third-order valence-electron chi connectivity index (χ3n) is 2.97. The average molecular weight is 287 g/mol. The molecular formula is C15H17N3O3. The number of aliphatic hydroxyl groups excluding tert-OH is 1. The smallest absolute Gasteiger partial charge is 0.276 e. The lowest BCUT2D eigenvalue weighted by Gasteiger charge is -2.09. The maximum atomic E-state index is 12.2. The summed E-state index contributed by atoms with van der Waals surface area (Å²) in [5.41, 5.74) is 1.08. The van der Waals surface area contributed by atoms with Crippen LogP contribution in [0.4, 0.5) is 5.69 Å². The third kappa shape index (κ3) is 3.55. The van der Waals surface area contributed by atoms with E-state index in [1.54, 1.807) is 24.3 Å². The number of rotatable bonds is 5. The molecule has 1 aromatic heterocycles. The molecule has 0 radical (unpaired) electrons. The van der Waals surface area contributed by atoms with Crippen LogP contribution in [-0.2, 0) is 13.2 Å². The lowest BCUT2D eigenvalue weighted by Crippen LogP contribution is -2.26. The molecule has 0 aliphatic carbocycles. The van der Waals surface area contributed by atoms with E-state index in [4.69, 9.17) is 0 Å². The zero-order chi connectivity index (χ0) is 15.2. The van der Waals surface area contributed by atoms with Crippen molar-refractivity contribution in [3.8, 4) is 0 Å². The van der Waals surface area contributed by atoms with Gasteiger partial charge in [0, 0.05) is 23.9 Å². The van der Waals surface area contributed by atoms with E-state index in [1.165, 1.54) is 16.8 Å². The van der Waals surface area contributed by atoms with Crippen LogP contribution in [0.5, 0.6) is 0 Å². The molecule has 0 aliphatic rings. The number of benzene rings is 1. The monoisotopic (exact) mass is 287 g/mol. The van der Waals surface area contributed by atoms with Crippen LogP contribution in [-0.4, -0.2) is 20.8 Å². The molecule has 1 amide bonds. The quantitative estimate of drug-likeness (QED) is 0.870. The highest BCUT2D eigenvalue weighted by Crippen LogP contribution is 2.15. The van der Waals surface area contributed by atoms with Crippen molar-refractivity contribution in [1.82, 2.24) is 9.78 Å². The topological polar surface area (TPSA) is 84.2 Å². The maximum absolute atomic E-state index is 12.2. The second-order valence-electron chi connectivity index (χ2n) is 4.55. The standard InChI is InChI=1S/C15H17N3O3/c1-2-9-18-14(20)8-7-13(17-18)15(21)16-12-6-4-3-5-11(12)10-19/h3-8,19H,2,9-10H2,1H3,(H,16,21). The third-order valence-corrected chi connectivity index (χ3v) is 2.97. The van der Waals surface area contributed by atoms with Gasteiger partial charge in [0.15, 0.2) is 0 Å². The Hall–Kier alpha value is -2.47. The van der Waals surface area contributed by atoms with E-state index in [9.17, 15) is 14.7 Å². The molecule has 0 unspecified atom stereocenters. The van der Waals surface area contributed by atoms with Gasteiger partial charge in [0.05, 0.1) is 6.61 Å². The predicted octanol–water partition coefficient (Wildman–Crippen LogP) is 1.40. The molecule has 2 rings (SSSR count). The Kier molecular flexibility index (Phi) is 4.84. The minimum atomic E-state index is -0.416. The minimum Gasteiger partial charge on any atom is -0.392 e. The van der Waals surface area contributed by atoms with Crippen LogP contribution in [0.15, 0.2) is 41.2 Å². The number of hydrogen-bond acceptors (Lipinski definition) is 4. The van der Waals surface area contributed by atoms with E-state index in [1.807, 2.05) is 6.92 Å². The van der Waals surface area contributed by atoms with Crippen molar-refractivity contribution in [2.45, 2.75) is 26.5 Å². The fraction of sp³-hybridized carbons (Fsp3) is 0.267. The summed E-state index contributed by atoms with van der Waals surface area (Å²) in [6.45, 7) is 2.23. The molecule has 6 nitrogen and oxygen atoms in total. The largest absolute Gasteiger partial charge is 0.392 e. The Balaban J connectivity index is 2.24. The number of para-hydroxylation sites is 1. The van der Waals surface area contributed by atoms with Crippen LogP contribution >= 0.6 is 0 Å². The van der Waals surface area contributed by atoms with Gasteiger partial charge in [-0.1, -0.05) is 25.1 Å². The lowest BCUT2D eigenvalue weighted by atomic mass is 10.2. The van der Waals surface area contributed by atoms with Crippen LogP contribution in [0.25, 0.3) is 0 Å². The Morgan fingerprint density at radius 3 is 2.76 bits per heavy atom. The fourth-order valence-corrected chi connectivity index (χ4v) is 1.91. The van der Waals surface area contributed by atoms with Crippen LogP contribution in [0.2, 0.25) is 0 Å². The Labute approximate surface area is 122 Å². The molecule has 0 atom stereocenters. The first kappa shape index (κ1) is 14.9. The molecule has 0 spiro atoms. The van der Waals surface area contributed by atoms with Crippen molar-refractivity contribution >= 4 is 11.6 Å². The molecule has 0 aliphatic heterocycles. The van der Waals surface area contributed by atoms with Crippen molar-refractivity contribution < 1.29 is 9.90 Å². The molecule has 2 N–H and O–H groups in total. The summed E-state index contributed by atoms with van der Waals surface area (Å²) in [7, 11) is 0. The Morgan fingerprint density at radius 1 is 1.29 bits per heavy atom. The summed E-state index contributed by atoms with van der Waals surface area (Å²) in [6, 6.07) is 9.69. The van der Waals surface area contributed by atoms with Gasteiger partial charge >= 0.3 is 0 Å². The van der Waals surface area contributed by atoms with Crippen LogP contribution in [0.1, 0.15) is 29.4 Å². The molecule has 0 bridgehead atoms. The van der Waals surface area contributed by atoms with Gasteiger partial charge in [-0.3, -0.25) is 9.59 Å². The second kappa shape index (κ2) is 6.81. The number of carbonyl (C=O) groups excluding carboxylic acids is 1. The number of anilines is 1. The summed E-state index contributed by atoms with van der Waals surface area (Å²) in [5, 5.41) is 16.0. The van der Waals surface area contributed by atoms with E-state index < -0.39 is 5.91 Å². The lowest BCUT2D eigenvalue weighted by molar-refractivity contribution is 0.101. The van der Waals surface area contributed by atoms with Crippen LogP contribution in [0, 0.1) is 0 Å². The van der Waals surface area contributed by atoms with Crippen LogP contribution < -0.4 is 10.9 Å². The van der Waals surface area contributed by atoms with Gasteiger partial charge in [0.2, 0.25) is 0 Å². The normalized spacial score (nSPS) is 10.4. The second-order valence-corrected chi connectivity index (χ2v) is 4.55. The highest BCUT2D eigenvalue weighted by molar-refractivity contribution is 6.03. The SMILES string of the molecule is CCCn1nc(C(=O)Nc2ccccc2CO)ccc1=O. The summed E-state index contributed by atoms with van der Waals surface area (Å²) in [4.78, 5) is 23.8. The molecular weight excluding hydrogens is 270 g/mol. The number of carbonyl (C=O) groups is 1. The molecule has 21 heavy (non-hydrogen) atoms. The molecule has 0 fully saturated rings. The Morgan fingerprint density at radius 2 is 2.05 bits per heavy atom. The van der Waals surface area contributed by atoms with E-state index in [0.717, 1.165) is 6.42 Å². The van der Waals surface area contributed by atoms with Crippen molar-refractivity contribution in [1.29, 1.82) is 0 Å². The van der Waals surface area contributed by atoms with Gasteiger partial charge in [-0.25, -0.2) is 4.68 Å². The molecule has 110 valence electrons. The molecule has 0 saturated heterocycles. The van der Waals surface area contributed by atoms with Gasteiger partial charge in [-0.2, -0.15) is 5.10 Å². The molecule has 1 aromatic carbocycles. The highest BCUT2D eigenvalue weighted by atomic mass is 16.3. The predicted molar refractivity (Wildman–Crippen MR) is 79.1 cm³/mol. The van der Waals surface area contributed by atoms with Crippen molar-refractivity contribution in [3.05, 3.63) is 58.0 Å². The van der Waals surface area contributed by atoms with E-state index >= 15 is 0 Å². The average Bonchev–Trinajstić information content (AvgIpc) is 2.50. The number of amides is 1. The fourth-order valence-electron chi connectivity index (χ4n) is 1.91. The van der Waals surface area contributed by atoms with Gasteiger partial charge < -0.3 is 10.4 Å². The molecule has 0 saturated carbocycles. The number of nitrogens with one attached hydrogen (secondary N) is 1. The van der Waals surface area contributed by atoms with Gasteiger partial charge in [-0.05, 0) is 18.6 Å². The van der Waals surface area contributed by atoms with Gasteiger partial charge in [-0.15, -0.1) is 0 Å². The first-order valence-corrected chi connectivity index (χ1v) is 6.74.